The Morgan fingerprint density at radius 3 is 2.62 bits per heavy atom. The fraction of sp³-hybridized carbons (Fsp3) is 0.400. The van der Waals surface area contributed by atoms with Gasteiger partial charge in [-0.1, -0.05) is 18.2 Å². The normalized spacial score (nSPS) is 12.9. The third kappa shape index (κ3) is 2.99. The molecule has 0 bridgehead atoms. The Balaban J connectivity index is 2.73. The molecule has 13 heavy (non-hydrogen) atoms. The highest BCUT2D eigenvalue weighted by atomic mass is 35.5. The minimum Gasteiger partial charge on any atom is -0.315 e. The van der Waals surface area contributed by atoms with E-state index in [-0.39, 0.29) is 0 Å². The summed E-state index contributed by atoms with van der Waals surface area (Å²) >= 11 is 5.73. The third-order valence-corrected chi connectivity index (χ3v) is 2.38. The average molecular weight is 200 g/mol. The molecule has 72 valence electrons. The van der Waals surface area contributed by atoms with Crippen molar-refractivity contribution in [2.24, 2.45) is 0 Å². The van der Waals surface area contributed by atoms with Gasteiger partial charge < -0.3 is 5.21 Å². The number of hydrogen-bond donors (Lipinski definition) is 2. The van der Waals surface area contributed by atoms with Gasteiger partial charge in [0.25, 0.3) is 0 Å². The van der Waals surface area contributed by atoms with Gasteiger partial charge in [0, 0.05) is 6.42 Å². The second kappa shape index (κ2) is 4.61. The number of alkyl halides is 1. The number of aryl methyl sites for hydroxylation is 2. The predicted molar refractivity (Wildman–Crippen MR) is 54.2 cm³/mol. The number of halogens is 1. The Labute approximate surface area is 83.5 Å². The van der Waals surface area contributed by atoms with Gasteiger partial charge in [-0.15, -0.1) is 11.6 Å². The Hall–Kier alpha value is -0.570. The molecule has 0 amide bonds. The number of nitrogens with one attached hydrogen (secondary N) is 1. The SMILES string of the molecule is Cc1ccc(CC(Cl)NO)cc1C. The summed E-state index contributed by atoms with van der Waals surface area (Å²) in [5.41, 5.74) is 5.25. The van der Waals surface area contributed by atoms with Gasteiger partial charge in [0.1, 0.15) is 5.50 Å². The van der Waals surface area contributed by atoms with Crippen LogP contribution < -0.4 is 5.48 Å². The van der Waals surface area contributed by atoms with Crippen LogP contribution in [0, 0.1) is 13.8 Å². The topological polar surface area (TPSA) is 32.3 Å². The monoisotopic (exact) mass is 199 g/mol. The zero-order valence-corrected chi connectivity index (χ0v) is 8.60. The van der Waals surface area contributed by atoms with Crippen molar-refractivity contribution < 1.29 is 5.21 Å². The van der Waals surface area contributed by atoms with E-state index in [4.69, 9.17) is 16.8 Å². The van der Waals surface area contributed by atoms with Crippen molar-refractivity contribution >= 4 is 11.6 Å². The molecule has 0 saturated heterocycles. The van der Waals surface area contributed by atoms with Crippen LogP contribution in [0.5, 0.6) is 0 Å². The standard InChI is InChI=1S/C10H14ClNO/c1-7-3-4-9(5-8(7)2)6-10(11)12-13/h3-5,10,12-13H,6H2,1-2H3. The van der Waals surface area contributed by atoms with Gasteiger partial charge in [-0.3, -0.25) is 0 Å². The van der Waals surface area contributed by atoms with Crippen LogP contribution in [-0.2, 0) is 6.42 Å². The van der Waals surface area contributed by atoms with Crippen molar-refractivity contribution in [3.63, 3.8) is 0 Å². The molecule has 1 atom stereocenters. The Bertz CT molecular complexity index is 288. The van der Waals surface area contributed by atoms with Gasteiger partial charge in [-0.25, -0.2) is 0 Å². The summed E-state index contributed by atoms with van der Waals surface area (Å²) in [7, 11) is 0. The minimum atomic E-state index is -0.415. The van der Waals surface area contributed by atoms with Gasteiger partial charge in [0.2, 0.25) is 0 Å². The summed E-state index contributed by atoms with van der Waals surface area (Å²) in [6.07, 6.45) is 0.624. The molecule has 0 heterocycles. The Morgan fingerprint density at radius 1 is 1.38 bits per heavy atom. The van der Waals surface area contributed by atoms with Crippen LogP contribution in [0.15, 0.2) is 18.2 Å². The summed E-state index contributed by atoms with van der Waals surface area (Å²) in [5, 5.41) is 8.54. The first-order valence-electron chi connectivity index (χ1n) is 4.23. The van der Waals surface area contributed by atoms with Gasteiger partial charge in [0.05, 0.1) is 0 Å². The van der Waals surface area contributed by atoms with Gasteiger partial charge in [-0.05, 0) is 30.5 Å². The number of hydroxylamine groups is 1. The molecule has 0 fully saturated rings. The second-order valence-corrected chi connectivity index (χ2v) is 3.75. The van der Waals surface area contributed by atoms with E-state index >= 15 is 0 Å². The van der Waals surface area contributed by atoms with Crippen molar-refractivity contribution in [2.75, 3.05) is 0 Å². The van der Waals surface area contributed by atoms with E-state index in [1.807, 2.05) is 11.5 Å². The van der Waals surface area contributed by atoms with E-state index in [0.29, 0.717) is 6.42 Å². The van der Waals surface area contributed by atoms with Crippen LogP contribution in [0.2, 0.25) is 0 Å². The predicted octanol–water partition coefficient (Wildman–Crippen LogP) is 2.39. The maximum atomic E-state index is 8.54. The molecule has 0 aliphatic heterocycles. The molecular formula is C10H14ClNO. The highest BCUT2D eigenvalue weighted by molar-refractivity contribution is 6.20. The van der Waals surface area contributed by atoms with Gasteiger partial charge >= 0.3 is 0 Å². The first-order chi connectivity index (χ1) is 6.13. The van der Waals surface area contributed by atoms with E-state index in [2.05, 4.69) is 26.0 Å². The minimum absolute atomic E-state index is 0.415. The van der Waals surface area contributed by atoms with Crippen LogP contribution >= 0.6 is 11.6 Å². The summed E-state index contributed by atoms with van der Waals surface area (Å²) in [4.78, 5) is 0. The number of hydrogen-bond acceptors (Lipinski definition) is 2. The summed E-state index contributed by atoms with van der Waals surface area (Å²) in [6, 6.07) is 6.17. The summed E-state index contributed by atoms with van der Waals surface area (Å²) in [6.45, 7) is 4.13. The fourth-order valence-corrected chi connectivity index (χ4v) is 1.36. The molecule has 1 unspecified atom stereocenters. The zero-order chi connectivity index (χ0) is 9.84. The molecule has 3 heteroatoms. The molecule has 0 spiro atoms. The van der Waals surface area contributed by atoms with Gasteiger partial charge in [-0.2, -0.15) is 5.48 Å². The molecule has 0 saturated carbocycles. The van der Waals surface area contributed by atoms with Crippen molar-refractivity contribution in [3.05, 3.63) is 34.9 Å². The molecule has 0 aliphatic rings. The van der Waals surface area contributed by atoms with E-state index in [0.717, 1.165) is 5.56 Å². The van der Waals surface area contributed by atoms with Crippen LogP contribution in [0.1, 0.15) is 16.7 Å². The van der Waals surface area contributed by atoms with Crippen molar-refractivity contribution in [3.8, 4) is 0 Å². The lowest BCUT2D eigenvalue weighted by atomic mass is 10.0. The second-order valence-electron chi connectivity index (χ2n) is 3.22. The van der Waals surface area contributed by atoms with E-state index in [9.17, 15) is 0 Å². The first kappa shape index (κ1) is 10.5. The lowest BCUT2D eigenvalue weighted by molar-refractivity contribution is 0.154. The maximum absolute atomic E-state index is 8.54. The molecule has 1 aromatic carbocycles. The van der Waals surface area contributed by atoms with Gasteiger partial charge in [0.15, 0.2) is 0 Å². The first-order valence-corrected chi connectivity index (χ1v) is 4.67. The third-order valence-electron chi connectivity index (χ3n) is 2.13. The number of rotatable bonds is 3. The lowest BCUT2D eigenvalue weighted by Crippen LogP contribution is -2.21. The molecular weight excluding hydrogens is 186 g/mol. The molecule has 2 N–H and O–H groups in total. The molecule has 1 aromatic rings. The molecule has 2 nitrogen and oxygen atoms in total. The van der Waals surface area contributed by atoms with E-state index in [1.165, 1.54) is 11.1 Å². The van der Waals surface area contributed by atoms with E-state index in [1.54, 1.807) is 0 Å². The Kier molecular flexibility index (Phi) is 3.72. The van der Waals surface area contributed by atoms with Crippen molar-refractivity contribution in [2.45, 2.75) is 25.8 Å². The van der Waals surface area contributed by atoms with Crippen molar-refractivity contribution in [1.29, 1.82) is 0 Å². The largest absolute Gasteiger partial charge is 0.315 e. The van der Waals surface area contributed by atoms with Crippen LogP contribution in [0.25, 0.3) is 0 Å². The number of benzene rings is 1. The zero-order valence-electron chi connectivity index (χ0n) is 7.84. The average Bonchev–Trinajstić information content (AvgIpc) is 2.11. The van der Waals surface area contributed by atoms with E-state index < -0.39 is 5.50 Å². The summed E-state index contributed by atoms with van der Waals surface area (Å²) in [5.74, 6) is 0. The molecule has 0 radical (unpaired) electrons. The highest BCUT2D eigenvalue weighted by Gasteiger charge is 2.03. The Morgan fingerprint density at radius 2 is 2.08 bits per heavy atom. The summed E-state index contributed by atoms with van der Waals surface area (Å²) < 4.78 is 0. The maximum Gasteiger partial charge on any atom is 0.110 e. The lowest BCUT2D eigenvalue weighted by Gasteiger charge is -2.08. The highest BCUT2D eigenvalue weighted by Crippen LogP contribution is 2.12. The van der Waals surface area contributed by atoms with Crippen LogP contribution in [0.3, 0.4) is 0 Å². The quantitative estimate of drug-likeness (QED) is 0.445. The molecule has 0 aromatic heterocycles. The smallest absolute Gasteiger partial charge is 0.110 e. The van der Waals surface area contributed by atoms with Crippen LogP contribution in [0.4, 0.5) is 0 Å². The molecule has 0 aliphatic carbocycles. The van der Waals surface area contributed by atoms with Crippen molar-refractivity contribution in [1.82, 2.24) is 5.48 Å². The fourth-order valence-electron chi connectivity index (χ4n) is 1.18. The van der Waals surface area contributed by atoms with Crippen LogP contribution in [-0.4, -0.2) is 10.7 Å². The molecule has 1 rings (SSSR count).